The first kappa shape index (κ1) is 9.68. The topological polar surface area (TPSA) is 75.3 Å². The summed E-state index contributed by atoms with van der Waals surface area (Å²) in [6.07, 6.45) is 1.13. The summed E-state index contributed by atoms with van der Waals surface area (Å²) in [6, 6.07) is -0.759. The van der Waals surface area contributed by atoms with Gasteiger partial charge in [0.15, 0.2) is 0 Å². The minimum absolute atomic E-state index is 0.453. The molecule has 0 aliphatic heterocycles. The van der Waals surface area contributed by atoms with Gasteiger partial charge in [-0.05, 0) is 24.6 Å². The number of carboxylic acids is 1. The summed E-state index contributed by atoms with van der Waals surface area (Å²) < 4.78 is 0. The molecule has 0 amide bonds. The number of hydrogen-bond donors (Lipinski definition) is 3. The molecular weight excluding hydrogens is 156 g/mol. The Kier molecular flexibility index (Phi) is 5.29. The SMILES string of the molecule is N[C@@H](CCCNCl)C(=O)O. The van der Waals surface area contributed by atoms with Crippen LogP contribution in [0.3, 0.4) is 0 Å². The first-order valence-electron chi connectivity index (χ1n) is 3.00. The second-order valence-electron chi connectivity index (χ2n) is 1.97. The summed E-state index contributed by atoms with van der Waals surface area (Å²) in [6.45, 7) is 0.586. The highest BCUT2D eigenvalue weighted by Gasteiger charge is 2.09. The smallest absolute Gasteiger partial charge is 0.320 e. The molecule has 0 radical (unpaired) electrons. The number of aliphatic carboxylic acids is 1. The van der Waals surface area contributed by atoms with E-state index in [-0.39, 0.29) is 0 Å². The third-order valence-electron chi connectivity index (χ3n) is 1.10. The summed E-state index contributed by atoms with van der Waals surface area (Å²) in [5.74, 6) is -0.963. The number of halogens is 1. The van der Waals surface area contributed by atoms with Crippen LogP contribution in [0.5, 0.6) is 0 Å². The first-order valence-corrected chi connectivity index (χ1v) is 3.38. The second-order valence-corrected chi connectivity index (χ2v) is 2.24. The van der Waals surface area contributed by atoms with Gasteiger partial charge in [0, 0.05) is 6.54 Å². The molecule has 10 heavy (non-hydrogen) atoms. The van der Waals surface area contributed by atoms with E-state index < -0.39 is 12.0 Å². The summed E-state index contributed by atoms with van der Waals surface area (Å²) >= 11 is 5.13. The van der Waals surface area contributed by atoms with Crippen LogP contribution < -0.4 is 10.6 Å². The molecule has 0 unspecified atom stereocenters. The molecule has 0 aromatic carbocycles. The van der Waals surface area contributed by atoms with Gasteiger partial charge >= 0.3 is 5.97 Å². The van der Waals surface area contributed by atoms with Crippen LogP contribution in [0.2, 0.25) is 0 Å². The maximum atomic E-state index is 10.1. The molecular formula is C5H11ClN2O2. The van der Waals surface area contributed by atoms with Crippen molar-refractivity contribution >= 4 is 17.7 Å². The summed E-state index contributed by atoms with van der Waals surface area (Å²) in [5.41, 5.74) is 5.19. The quantitative estimate of drug-likeness (QED) is 0.395. The monoisotopic (exact) mass is 166 g/mol. The molecule has 0 fully saturated rings. The Bertz CT molecular complexity index is 110. The van der Waals surface area contributed by atoms with Crippen molar-refractivity contribution in [2.75, 3.05) is 6.54 Å². The molecule has 4 nitrogen and oxygen atoms in total. The highest BCUT2D eigenvalue weighted by Crippen LogP contribution is 1.92. The van der Waals surface area contributed by atoms with Crippen molar-refractivity contribution in [3.05, 3.63) is 0 Å². The number of rotatable bonds is 5. The number of nitrogens with one attached hydrogen (secondary N) is 1. The first-order chi connectivity index (χ1) is 4.68. The third kappa shape index (κ3) is 4.55. The van der Waals surface area contributed by atoms with Crippen molar-refractivity contribution in [1.82, 2.24) is 4.84 Å². The predicted octanol–water partition coefficient (Wildman–Crippen LogP) is -0.0781. The minimum atomic E-state index is -0.963. The Hall–Kier alpha value is -0.320. The van der Waals surface area contributed by atoms with Gasteiger partial charge in [0.1, 0.15) is 6.04 Å². The molecule has 0 rings (SSSR count). The summed E-state index contributed by atoms with van der Waals surface area (Å²) in [7, 11) is 0. The Balaban J connectivity index is 3.21. The zero-order chi connectivity index (χ0) is 7.98. The van der Waals surface area contributed by atoms with Gasteiger partial charge in [-0.3, -0.25) is 4.79 Å². The lowest BCUT2D eigenvalue weighted by Crippen LogP contribution is -2.30. The molecule has 5 heteroatoms. The van der Waals surface area contributed by atoms with E-state index in [0.717, 1.165) is 0 Å². The lowest BCUT2D eigenvalue weighted by Gasteiger charge is -2.03. The Morgan fingerprint density at radius 3 is 2.80 bits per heavy atom. The number of carbonyl (C=O) groups is 1. The van der Waals surface area contributed by atoms with Gasteiger partial charge in [0.2, 0.25) is 0 Å². The zero-order valence-electron chi connectivity index (χ0n) is 5.51. The van der Waals surface area contributed by atoms with Crippen LogP contribution in [-0.2, 0) is 4.79 Å². The van der Waals surface area contributed by atoms with Crippen LogP contribution in [-0.4, -0.2) is 23.7 Å². The number of nitrogens with two attached hydrogens (primary N) is 1. The van der Waals surface area contributed by atoms with Crippen molar-refractivity contribution < 1.29 is 9.90 Å². The maximum Gasteiger partial charge on any atom is 0.320 e. The lowest BCUT2D eigenvalue weighted by molar-refractivity contribution is -0.138. The normalized spacial score (nSPS) is 13.0. The molecule has 0 aliphatic rings. The van der Waals surface area contributed by atoms with Crippen LogP contribution in [0.25, 0.3) is 0 Å². The van der Waals surface area contributed by atoms with Gasteiger partial charge in [-0.15, -0.1) is 0 Å². The fourth-order valence-corrected chi connectivity index (χ4v) is 0.646. The van der Waals surface area contributed by atoms with Crippen molar-refractivity contribution in [3.8, 4) is 0 Å². The van der Waals surface area contributed by atoms with Gasteiger partial charge in [-0.2, -0.15) is 0 Å². The van der Waals surface area contributed by atoms with Crippen molar-refractivity contribution in [2.24, 2.45) is 5.73 Å². The van der Waals surface area contributed by atoms with Crippen molar-refractivity contribution in [2.45, 2.75) is 18.9 Å². The largest absolute Gasteiger partial charge is 0.480 e. The van der Waals surface area contributed by atoms with E-state index in [4.69, 9.17) is 22.6 Å². The summed E-state index contributed by atoms with van der Waals surface area (Å²) in [5, 5.41) is 8.30. The van der Waals surface area contributed by atoms with E-state index in [9.17, 15) is 4.79 Å². The van der Waals surface area contributed by atoms with E-state index in [0.29, 0.717) is 19.4 Å². The van der Waals surface area contributed by atoms with Gasteiger partial charge < -0.3 is 10.8 Å². The standard InChI is InChI=1S/C5H11ClN2O2/c6-8-3-1-2-4(7)5(9)10/h4,8H,1-3,7H2,(H,9,10)/t4-/m0/s1. The molecule has 0 bridgehead atoms. The fraction of sp³-hybridized carbons (Fsp3) is 0.800. The molecule has 0 aromatic rings. The van der Waals surface area contributed by atoms with Crippen LogP contribution in [0.1, 0.15) is 12.8 Å². The lowest BCUT2D eigenvalue weighted by atomic mass is 10.2. The molecule has 0 aromatic heterocycles. The van der Waals surface area contributed by atoms with E-state index in [1.807, 2.05) is 0 Å². The molecule has 1 atom stereocenters. The highest BCUT2D eigenvalue weighted by atomic mass is 35.5. The molecule has 0 heterocycles. The minimum Gasteiger partial charge on any atom is -0.480 e. The second kappa shape index (κ2) is 5.46. The van der Waals surface area contributed by atoms with Gasteiger partial charge in [0.05, 0.1) is 0 Å². The van der Waals surface area contributed by atoms with Gasteiger partial charge in [-0.1, -0.05) is 0 Å². The van der Waals surface area contributed by atoms with Gasteiger partial charge in [-0.25, -0.2) is 4.84 Å². The third-order valence-corrected chi connectivity index (χ3v) is 1.29. The Labute approximate surface area is 64.5 Å². The number of hydrogen-bond acceptors (Lipinski definition) is 3. The highest BCUT2D eigenvalue weighted by molar-refractivity contribution is 6.13. The molecule has 60 valence electrons. The van der Waals surface area contributed by atoms with E-state index >= 15 is 0 Å². The zero-order valence-corrected chi connectivity index (χ0v) is 6.27. The maximum absolute atomic E-state index is 10.1. The average molecular weight is 167 g/mol. The Morgan fingerprint density at radius 2 is 2.40 bits per heavy atom. The molecule has 4 N–H and O–H groups in total. The molecule has 0 aliphatic carbocycles. The molecule has 0 spiro atoms. The molecule has 0 saturated heterocycles. The van der Waals surface area contributed by atoms with Crippen molar-refractivity contribution in [3.63, 3.8) is 0 Å². The summed E-state index contributed by atoms with van der Waals surface area (Å²) in [4.78, 5) is 12.5. The molecule has 0 saturated carbocycles. The van der Waals surface area contributed by atoms with Crippen LogP contribution in [0.4, 0.5) is 0 Å². The number of carboxylic acid groups (broad SMARTS) is 1. The Morgan fingerprint density at radius 1 is 1.80 bits per heavy atom. The predicted molar refractivity (Wildman–Crippen MR) is 38.7 cm³/mol. The van der Waals surface area contributed by atoms with E-state index in [2.05, 4.69) is 4.84 Å². The van der Waals surface area contributed by atoms with Gasteiger partial charge in [0.25, 0.3) is 0 Å². The van der Waals surface area contributed by atoms with Crippen LogP contribution in [0.15, 0.2) is 0 Å². The average Bonchev–Trinajstić information content (AvgIpc) is 1.88. The van der Waals surface area contributed by atoms with Crippen LogP contribution in [0, 0.1) is 0 Å². The fourth-order valence-electron chi connectivity index (χ4n) is 0.512. The van der Waals surface area contributed by atoms with Crippen LogP contribution >= 0.6 is 11.8 Å². The van der Waals surface area contributed by atoms with E-state index in [1.165, 1.54) is 0 Å². The van der Waals surface area contributed by atoms with E-state index in [1.54, 1.807) is 0 Å². The van der Waals surface area contributed by atoms with Crippen molar-refractivity contribution in [1.29, 1.82) is 0 Å².